The summed E-state index contributed by atoms with van der Waals surface area (Å²) in [5.74, 6) is -0.168. The maximum Gasteiger partial charge on any atom is 0.265 e. The molecule has 0 saturated heterocycles. The minimum atomic E-state index is -0.168. The Morgan fingerprint density at radius 1 is 1.41 bits per heavy atom. The summed E-state index contributed by atoms with van der Waals surface area (Å²) in [5.41, 5.74) is 0.650. The molecule has 0 aliphatic carbocycles. The van der Waals surface area contributed by atoms with Crippen LogP contribution in [-0.2, 0) is 0 Å². The van der Waals surface area contributed by atoms with E-state index in [0.717, 1.165) is 9.37 Å². The van der Waals surface area contributed by atoms with Crippen LogP contribution in [0.3, 0.4) is 0 Å². The fourth-order valence-corrected chi connectivity index (χ4v) is 2.78. The molecule has 0 radical (unpaired) electrons. The molecule has 1 N–H and O–H groups in total. The van der Waals surface area contributed by atoms with Crippen LogP contribution < -0.4 is 5.32 Å². The number of hydrogen-bond donors (Lipinski definition) is 2. The fourth-order valence-electron chi connectivity index (χ4n) is 1.22. The molecule has 2 nitrogen and oxygen atoms in total. The summed E-state index contributed by atoms with van der Waals surface area (Å²) in [6, 6.07) is 6.95. The number of rotatable bonds is 2. The molecule has 0 saturated carbocycles. The van der Waals surface area contributed by atoms with Crippen LogP contribution in [0.2, 0.25) is 5.02 Å². The molecular formula is C11H7BrClNOS2. The molecule has 1 aromatic carbocycles. The molecule has 2 aromatic rings. The number of halogens is 2. The van der Waals surface area contributed by atoms with Crippen molar-refractivity contribution in [2.75, 3.05) is 5.32 Å². The number of carbonyl (C=O) groups is 1. The maximum absolute atomic E-state index is 11.9. The van der Waals surface area contributed by atoms with Gasteiger partial charge in [0.25, 0.3) is 5.91 Å². The van der Waals surface area contributed by atoms with Crippen LogP contribution in [0.1, 0.15) is 9.67 Å². The Morgan fingerprint density at radius 3 is 2.82 bits per heavy atom. The Kier molecular flexibility index (Phi) is 4.14. The van der Waals surface area contributed by atoms with Crippen molar-refractivity contribution in [1.82, 2.24) is 0 Å². The van der Waals surface area contributed by atoms with Crippen molar-refractivity contribution in [3.8, 4) is 0 Å². The normalized spacial score (nSPS) is 10.3. The van der Waals surface area contributed by atoms with Gasteiger partial charge in [-0.1, -0.05) is 11.6 Å². The van der Waals surface area contributed by atoms with Gasteiger partial charge >= 0.3 is 0 Å². The van der Waals surface area contributed by atoms with Gasteiger partial charge in [-0.25, -0.2) is 0 Å². The van der Waals surface area contributed by atoms with Gasteiger partial charge in [0.15, 0.2) is 0 Å². The van der Waals surface area contributed by atoms with E-state index in [1.54, 1.807) is 24.3 Å². The van der Waals surface area contributed by atoms with Crippen molar-refractivity contribution in [2.24, 2.45) is 0 Å². The lowest BCUT2D eigenvalue weighted by atomic mass is 10.3. The first kappa shape index (κ1) is 13.0. The molecule has 1 aromatic heterocycles. The van der Waals surface area contributed by atoms with Crippen molar-refractivity contribution in [3.63, 3.8) is 0 Å². The Balaban J connectivity index is 2.21. The monoisotopic (exact) mass is 347 g/mol. The summed E-state index contributed by atoms with van der Waals surface area (Å²) >= 11 is 14.7. The number of carbonyl (C=O) groups excluding carboxylic acids is 1. The first-order valence-corrected chi connectivity index (χ1v) is 7.10. The molecule has 2 rings (SSSR count). The van der Waals surface area contributed by atoms with Gasteiger partial charge in [0.1, 0.15) is 0 Å². The van der Waals surface area contributed by atoms with Crippen LogP contribution in [0.15, 0.2) is 39.0 Å². The first-order valence-electron chi connectivity index (χ1n) is 4.60. The highest BCUT2D eigenvalue weighted by atomic mass is 79.9. The van der Waals surface area contributed by atoms with E-state index in [1.165, 1.54) is 11.3 Å². The predicted molar refractivity (Wildman–Crippen MR) is 78.7 cm³/mol. The van der Waals surface area contributed by atoms with Crippen molar-refractivity contribution in [2.45, 2.75) is 4.90 Å². The Labute approximate surface area is 122 Å². The lowest BCUT2D eigenvalue weighted by Gasteiger charge is -2.06. The van der Waals surface area contributed by atoms with E-state index in [4.69, 9.17) is 11.6 Å². The van der Waals surface area contributed by atoms with Gasteiger partial charge in [-0.05, 0) is 40.2 Å². The van der Waals surface area contributed by atoms with Gasteiger partial charge in [0.05, 0.1) is 10.6 Å². The summed E-state index contributed by atoms with van der Waals surface area (Å²) in [4.78, 5) is 13.3. The van der Waals surface area contributed by atoms with Gasteiger partial charge in [-0.3, -0.25) is 4.79 Å². The number of amides is 1. The second-order valence-electron chi connectivity index (χ2n) is 3.25. The highest BCUT2D eigenvalue weighted by molar-refractivity contribution is 9.10. The molecule has 1 amide bonds. The van der Waals surface area contributed by atoms with Gasteiger partial charge < -0.3 is 5.32 Å². The zero-order valence-corrected chi connectivity index (χ0v) is 12.5. The van der Waals surface area contributed by atoms with Crippen molar-refractivity contribution >= 4 is 63.1 Å². The molecule has 0 aliphatic heterocycles. The molecule has 1 heterocycles. The third-order valence-electron chi connectivity index (χ3n) is 1.99. The van der Waals surface area contributed by atoms with Crippen LogP contribution in [0.5, 0.6) is 0 Å². The quantitative estimate of drug-likeness (QED) is 0.756. The van der Waals surface area contributed by atoms with Crippen LogP contribution in [0, 0.1) is 0 Å². The smallest absolute Gasteiger partial charge is 0.265 e. The number of thiol groups is 1. The van der Waals surface area contributed by atoms with Crippen LogP contribution in [-0.4, -0.2) is 5.91 Å². The molecule has 0 spiro atoms. The summed E-state index contributed by atoms with van der Waals surface area (Å²) in [6.45, 7) is 0. The lowest BCUT2D eigenvalue weighted by Crippen LogP contribution is -2.10. The van der Waals surface area contributed by atoms with E-state index in [0.29, 0.717) is 15.6 Å². The van der Waals surface area contributed by atoms with E-state index in [2.05, 4.69) is 33.9 Å². The number of hydrogen-bond acceptors (Lipinski definition) is 3. The van der Waals surface area contributed by atoms with E-state index in [1.807, 2.05) is 5.38 Å². The van der Waals surface area contributed by atoms with Crippen molar-refractivity contribution in [3.05, 3.63) is 44.0 Å². The Bertz CT molecular complexity index is 570. The summed E-state index contributed by atoms with van der Waals surface area (Å²) in [7, 11) is 0. The second-order valence-corrected chi connectivity index (χ2v) is 5.97. The fraction of sp³-hybridized carbons (Fsp3) is 0. The largest absolute Gasteiger partial charge is 0.320 e. The van der Waals surface area contributed by atoms with Gasteiger partial charge in [-0.2, -0.15) is 0 Å². The minimum Gasteiger partial charge on any atom is -0.320 e. The molecule has 6 heteroatoms. The molecule has 88 valence electrons. The van der Waals surface area contributed by atoms with E-state index in [-0.39, 0.29) is 5.91 Å². The predicted octanol–water partition coefficient (Wildman–Crippen LogP) is 4.71. The molecule has 0 bridgehead atoms. The second kappa shape index (κ2) is 5.44. The van der Waals surface area contributed by atoms with Crippen LogP contribution in [0.4, 0.5) is 5.69 Å². The molecule has 17 heavy (non-hydrogen) atoms. The molecule has 0 fully saturated rings. The molecule has 0 aliphatic rings. The third kappa shape index (κ3) is 3.25. The average Bonchev–Trinajstić information content (AvgIpc) is 2.70. The molecular weight excluding hydrogens is 342 g/mol. The highest BCUT2D eigenvalue weighted by Crippen LogP contribution is 2.27. The van der Waals surface area contributed by atoms with Crippen LogP contribution in [0.25, 0.3) is 0 Å². The number of nitrogens with one attached hydrogen (secondary N) is 1. The van der Waals surface area contributed by atoms with Crippen molar-refractivity contribution in [1.29, 1.82) is 0 Å². The van der Waals surface area contributed by atoms with E-state index >= 15 is 0 Å². The topological polar surface area (TPSA) is 29.1 Å². The lowest BCUT2D eigenvalue weighted by molar-refractivity contribution is 0.103. The standard InChI is InChI=1S/C11H7BrClNOS2/c12-8-2-1-6(13)3-9(8)14-11(15)10-4-7(16)5-17-10/h1-5,16H,(H,14,15). The highest BCUT2D eigenvalue weighted by Gasteiger charge is 2.10. The molecule has 0 atom stereocenters. The van der Waals surface area contributed by atoms with E-state index in [9.17, 15) is 4.79 Å². The SMILES string of the molecule is O=C(Nc1cc(Cl)ccc1Br)c1cc(S)cs1. The third-order valence-corrected chi connectivity index (χ3v) is 4.27. The van der Waals surface area contributed by atoms with Gasteiger partial charge in [0, 0.05) is 19.8 Å². The van der Waals surface area contributed by atoms with Gasteiger partial charge in [0.2, 0.25) is 0 Å². The molecule has 0 unspecified atom stereocenters. The van der Waals surface area contributed by atoms with Crippen LogP contribution >= 0.6 is 51.5 Å². The van der Waals surface area contributed by atoms with E-state index < -0.39 is 0 Å². The summed E-state index contributed by atoms with van der Waals surface area (Å²) in [5, 5.41) is 5.17. The number of benzene rings is 1. The average molecular weight is 349 g/mol. The minimum absolute atomic E-state index is 0.168. The summed E-state index contributed by atoms with van der Waals surface area (Å²) < 4.78 is 0.790. The van der Waals surface area contributed by atoms with Crippen molar-refractivity contribution < 1.29 is 4.79 Å². The number of thiophene rings is 1. The zero-order valence-electron chi connectivity index (χ0n) is 8.41. The first-order chi connectivity index (χ1) is 8.06. The summed E-state index contributed by atoms with van der Waals surface area (Å²) in [6.07, 6.45) is 0. The Morgan fingerprint density at radius 2 is 2.18 bits per heavy atom. The van der Waals surface area contributed by atoms with Gasteiger partial charge in [-0.15, -0.1) is 24.0 Å². The number of anilines is 1. The zero-order chi connectivity index (χ0) is 12.4. The Hall–Kier alpha value is -0.490. The maximum atomic E-state index is 11.9.